The van der Waals surface area contributed by atoms with E-state index in [1.54, 1.807) is 22.9 Å². The number of para-hydroxylation sites is 2. The van der Waals surface area contributed by atoms with Crippen LogP contribution in [0.3, 0.4) is 0 Å². The van der Waals surface area contributed by atoms with Crippen LogP contribution in [0.2, 0.25) is 0 Å². The van der Waals surface area contributed by atoms with E-state index in [1.807, 2.05) is 24.3 Å². The van der Waals surface area contributed by atoms with Crippen molar-refractivity contribution >= 4 is 28.7 Å². The highest BCUT2D eigenvalue weighted by molar-refractivity contribution is 5.99. The van der Waals surface area contributed by atoms with E-state index in [2.05, 4.69) is 16.6 Å². The summed E-state index contributed by atoms with van der Waals surface area (Å²) in [6, 6.07) is 15.7. The van der Waals surface area contributed by atoms with Gasteiger partial charge in [0, 0.05) is 34.3 Å². The molecule has 8 nitrogen and oxygen atoms in total. The number of carbonyl (C=O) groups is 1. The number of carbonyl (C=O) groups excluding carboxylic acids is 1. The van der Waals surface area contributed by atoms with E-state index < -0.39 is 10.8 Å². The summed E-state index contributed by atoms with van der Waals surface area (Å²) in [7, 11) is 0. The maximum absolute atomic E-state index is 12.1. The Morgan fingerprint density at radius 3 is 2.78 bits per heavy atom. The average molecular weight is 361 g/mol. The van der Waals surface area contributed by atoms with Crippen LogP contribution in [0.5, 0.6) is 0 Å². The van der Waals surface area contributed by atoms with Crippen molar-refractivity contribution in [3.05, 3.63) is 76.0 Å². The van der Waals surface area contributed by atoms with Gasteiger partial charge in [0.15, 0.2) is 0 Å². The zero-order valence-corrected chi connectivity index (χ0v) is 14.2. The van der Waals surface area contributed by atoms with Crippen LogP contribution in [-0.2, 0) is 17.8 Å². The number of benzene rings is 2. The molecule has 2 aromatic carbocycles. The highest BCUT2D eigenvalue weighted by Crippen LogP contribution is 2.20. The minimum absolute atomic E-state index is 0.101. The molecule has 0 aliphatic carbocycles. The van der Waals surface area contributed by atoms with E-state index in [0.717, 1.165) is 16.5 Å². The van der Waals surface area contributed by atoms with Gasteiger partial charge in [-0.25, -0.2) is 5.43 Å². The highest BCUT2D eigenvalue weighted by Gasteiger charge is 2.15. The van der Waals surface area contributed by atoms with Gasteiger partial charge in [-0.15, -0.1) is 0 Å². The minimum Gasteiger partial charge on any atom is -0.333 e. The zero-order valence-electron chi connectivity index (χ0n) is 14.2. The Labute approximate surface area is 154 Å². The van der Waals surface area contributed by atoms with Crippen molar-refractivity contribution in [3.63, 3.8) is 0 Å². The molecule has 0 aliphatic heterocycles. The Bertz CT molecular complexity index is 1080. The van der Waals surface area contributed by atoms with E-state index >= 15 is 0 Å². The molecular formula is C19H15N5O3. The van der Waals surface area contributed by atoms with Gasteiger partial charge in [-0.2, -0.15) is 10.4 Å². The summed E-state index contributed by atoms with van der Waals surface area (Å²) in [5.74, 6) is -0.457. The number of amides is 1. The number of rotatable bonds is 6. The van der Waals surface area contributed by atoms with Crippen LogP contribution >= 0.6 is 0 Å². The van der Waals surface area contributed by atoms with E-state index in [4.69, 9.17) is 5.26 Å². The average Bonchev–Trinajstić information content (AvgIpc) is 3.00. The van der Waals surface area contributed by atoms with E-state index in [0.29, 0.717) is 5.56 Å². The van der Waals surface area contributed by atoms with Crippen LogP contribution < -0.4 is 5.43 Å². The van der Waals surface area contributed by atoms with Crippen LogP contribution in [0, 0.1) is 21.4 Å². The first kappa shape index (κ1) is 17.8. The van der Waals surface area contributed by atoms with Gasteiger partial charge >= 0.3 is 0 Å². The topological polar surface area (TPSA) is 113 Å². The van der Waals surface area contributed by atoms with Gasteiger partial charge in [-0.3, -0.25) is 14.9 Å². The predicted octanol–water partition coefficient (Wildman–Crippen LogP) is 2.77. The van der Waals surface area contributed by atoms with Gasteiger partial charge in [-0.1, -0.05) is 36.4 Å². The molecule has 8 heteroatoms. The number of nitriles is 1. The largest absolute Gasteiger partial charge is 0.333 e. The van der Waals surface area contributed by atoms with Crippen molar-refractivity contribution in [1.82, 2.24) is 9.99 Å². The third-order valence-corrected chi connectivity index (χ3v) is 3.99. The summed E-state index contributed by atoms with van der Waals surface area (Å²) in [6.07, 6.45) is 3.13. The third kappa shape index (κ3) is 3.99. The maximum Gasteiger partial charge on any atom is 0.273 e. The molecule has 3 rings (SSSR count). The molecule has 0 unspecified atom stereocenters. The molecular weight excluding hydrogens is 346 g/mol. The molecule has 0 saturated heterocycles. The van der Waals surface area contributed by atoms with Crippen molar-refractivity contribution in [3.8, 4) is 6.07 Å². The summed E-state index contributed by atoms with van der Waals surface area (Å²) < 4.78 is 1.80. The van der Waals surface area contributed by atoms with Crippen molar-refractivity contribution in [2.45, 2.75) is 13.0 Å². The first-order chi connectivity index (χ1) is 13.1. The summed E-state index contributed by atoms with van der Waals surface area (Å²) in [5, 5.41) is 24.8. The van der Waals surface area contributed by atoms with Gasteiger partial charge in [0.25, 0.3) is 5.69 Å². The molecule has 0 radical (unpaired) electrons. The molecule has 0 fully saturated rings. The Morgan fingerprint density at radius 1 is 1.26 bits per heavy atom. The summed E-state index contributed by atoms with van der Waals surface area (Å²) >= 11 is 0. The lowest BCUT2D eigenvalue weighted by Crippen LogP contribution is -2.20. The number of hydrazone groups is 1. The second-order valence-corrected chi connectivity index (χ2v) is 5.74. The van der Waals surface area contributed by atoms with Crippen molar-refractivity contribution < 1.29 is 9.72 Å². The minimum atomic E-state index is -0.518. The predicted molar refractivity (Wildman–Crippen MR) is 100 cm³/mol. The SMILES string of the molecule is N#CCn1cc(C=NNC(=O)Cc2ccccc2[N+](=O)[O-])c2ccccc21. The number of hydrogen-bond acceptors (Lipinski definition) is 5. The maximum atomic E-state index is 12.1. The number of nitrogens with one attached hydrogen (secondary N) is 1. The molecule has 1 N–H and O–H groups in total. The van der Waals surface area contributed by atoms with Crippen LogP contribution in [0.15, 0.2) is 59.8 Å². The zero-order chi connectivity index (χ0) is 19.2. The summed E-state index contributed by atoms with van der Waals surface area (Å²) in [6.45, 7) is 0.207. The third-order valence-electron chi connectivity index (χ3n) is 3.99. The van der Waals surface area contributed by atoms with Crippen LogP contribution in [0.25, 0.3) is 10.9 Å². The standard InChI is InChI=1S/C19H15N5O3/c20-9-10-23-13-15(16-6-2-4-8-18(16)23)12-21-22-19(25)11-14-5-1-3-7-17(14)24(26)27/h1-8,12-13H,10-11H2,(H,22,25). The summed E-state index contributed by atoms with van der Waals surface area (Å²) in [4.78, 5) is 22.5. The van der Waals surface area contributed by atoms with E-state index in [-0.39, 0.29) is 18.7 Å². The second kappa shape index (κ2) is 7.93. The molecule has 27 heavy (non-hydrogen) atoms. The number of hydrogen-bond donors (Lipinski definition) is 1. The lowest BCUT2D eigenvalue weighted by molar-refractivity contribution is -0.385. The molecule has 0 aliphatic rings. The molecule has 0 bridgehead atoms. The van der Waals surface area contributed by atoms with Gasteiger partial charge < -0.3 is 4.57 Å². The fourth-order valence-corrected chi connectivity index (χ4v) is 2.81. The van der Waals surface area contributed by atoms with Gasteiger partial charge in [0.2, 0.25) is 5.91 Å². The Kier molecular flexibility index (Phi) is 5.23. The summed E-state index contributed by atoms with van der Waals surface area (Å²) in [5.41, 5.74) is 4.26. The highest BCUT2D eigenvalue weighted by atomic mass is 16.6. The molecule has 0 saturated carbocycles. The lowest BCUT2D eigenvalue weighted by atomic mass is 10.1. The first-order valence-corrected chi connectivity index (χ1v) is 8.09. The Morgan fingerprint density at radius 2 is 2.00 bits per heavy atom. The number of nitro groups is 1. The molecule has 1 heterocycles. The quantitative estimate of drug-likeness (QED) is 0.413. The normalized spacial score (nSPS) is 10.8. The van der Waals surface area contributed by atoms with Crippen LogP contribution in [-0.4, -0.2) is 21.6 Å². The first-order valence-electron chi connectivity index (χ1n) is 8.09. The molecule has 1 amide bonds. The van der Waals surface area contributed by atoms with E-state index in [1.165, 1.54) is 18.3 Å². The molecule has 134 valence electrons. The number of aromatic nitrogens is 1. The van der Waals surface area contributed by atoms with Gasteiger partial charge in [-0.05, 0) is 6.07 Å². The monoisotopic (exact) mass is 361 g/mol. The van der Waals surface area contributed by atoms with Crippen LogP contribution in [0.1, 0.15) is 11.1 Å². The Balaban J connectivity index is 1.73. The van der Waals surface area contributed by atoms with Crippen molar-refractivity contribution in [2.75, 3.05) is 0 Å². The fourth-order valence-electron chi connectivity index (χ4n) is 2.81. The molecule has 0 atom stereocenters. The second-order valence-electron chi connectivity index (χ2n) is 5.74. The number of nitro benzene ring substituents is 1. The van der Waals surface area contributed by atoms with Gasteiger partial charge in [0.1, 0.15) is 6.54 Å². The molecule has 0 spiro atoms. The lowest BCUT2D eigenvalue weighted by Gasteiger charge is -2.01. The smallest absolute Gasteiger partial charge is 0.273 e. The van der Waals surface area contributed by atoms with Crippen molar-refractivity contribution in [2.24, 2.45) is 5.10 Å². The van der Waals surface area contributed by atoms with Crippen LogP contribution in [0.4, 0.5) is 5.69 Å². The van der Waals surface area contributed by atoms with E-state index in [9.17, 15) is 14.9 Å². The van der Waals surface area contributed by atoms with Crippen molar-refractivity contribution in [1.29, 1.82) is 5.26 Å². The van der Waals surface area contributed by atoms with Gasteiger partial charge in [0.05, 0.1) is 23.6 Å². The fraction of sp³-hybridized carbons (Fsp3) is 0.105. The Hall–Kier alpha value is -3.99. The number of nitrogens with zero attached hydrogens (tertiary/aromatic N) is 4. The molecule has 1 aromatic heterocycles. The molecule has 3 aromatic rings. The number of fused-ring (bicyclic) bond motifs is 1.